The average molecular weight is 370 g/mol. The number of nitrogens with zero attached hydrogens (tertiary/aromatic N) is 1. The molecule has 21 heavy (non-hydrogen) atoms. The number of hydrogen-bond donors (Lipinski definition) is 0. The van der Waals surface area contributed by atoms with Crippen molar-refractivity contribution in [1.29, 1.82) is 0 Å². The number of hydrogen-bond acceptors (Lipinski definition) is 1. The van der Waals surface area contributed by atoms with Crippen LogP contribution in [0.1, 0.15) is 37.0 Å². The van der Waals surface area contributed by atoms with Crippen molar-refractivity contribution in [1.82, 2.24) is 4.90 Å². The Labute approximate surface area is 129 Å². The third kappa shape index (κ3) is 4.98. The molecule has 0 fully saturated rings. The highest BCUT2D eigenvalue weighted by atomic mass is 79.9. The van der Waals surface area contributed by atoms with Crippen molar-refractivity contribution in [2.24, 2.45) is 0 Å². The Morgan fingerprint density at radius 3 is 2.33 bits per heavy atom. The molecule has 0 atom stereocenters. The normalized spacial score (nSPS) is 11.8. The molecule has 0 radical (unpaired) electrons. The van der Waals surface area contributed by atoms with E-state index in [0.717, 1.165) is 6.07 Å². The van der Waals surface area contributed by atoms with Gasteiger partial charge in [0, 0.05) is 10.5 Å². The van der Waals surface area contributed by atoms with Gasteiger partial charge in [0.1, 0.15) is 12.4 Å². The van der Waals surface area contributed by atoms with Crippen LogP contribution in [0.5, 0.6) is 0 Å². The lowest BCUT2D eigenvalue weighted by molar-refractivity contribution is -0.145. The molecule has 0 bridgehead atoms. The Kier molecular flexibility index (Phi) is 6.19. The summed E-state index contributed by atoms with van der Waals surface area (Å²) in [6, 6.07) is 3.05. The maximum Gasteiger partial charge on any atom is 0.406 e. The number of halogens is 5. The van der Waals surface area contributed by atoms with Crippen molar-refractivity contribution in [3.8, 4) is 0 Å². The molecule has 0 aliphatic rings. The monoisotopic (exact) mass is 369 g/mol. The summed E-state index contributed by atoms with van der Waals surface area (Å²) >= 11 is 3.09. The van der Waals surface area contributed by atoms with Gasteiger partial charge in [0.25, 0.3) is 5.91 Å². The molecule has 1 amide bonds. The van der Waals surface area contributed by atoms with Crippen LogP contribution < -0.4 is 0 Å². The molecule has 0 aliphatic heterocycles. The van der Waals surface area contributed by atoms with E-state index in [1.165, 1.54) is 12.1 Å². The van der Waals surface area contributed by atoms with Crippen LogP contribution in [-0.4, -0.2) is 29.6 Å². The summed E-state index contributed by atoms with van der Waals surface area (Å²) in [7, 11) is 0. The van der Waals surface area contributed by atoms with Gasteiger partial charge in [-0.05, 0) is 31.0 Å². The molecule has 0 unspecified atom stereocenters. The van der Waals surface area contributed by atoms with Gasteiger partial charge in [-0.2, -0.15) is 13.2 Å². The highest BCUT2D eigenvalue weighted by molar-refractivity contribution is 9.10. The van der Waals surface area contributed by atoms with Crippen molar-refractivity contribution in [3.05, 3.63) is 34.1 Å². The molecule has 1 aromatic carbocycles. The zero-order chi connectivity index (χ0) is 16.2. The fourth-order valence-electron chi connectivity index (χ4n) is 2.11. The summed E-state index contributed by atoms with van der Waals surface area (Å²) in [5.41, 5.74) is -0.361. The van der Waals surface area contributed by atoms with E-state index >= 15 is 0 Å². The second kappa shape index (κ2) is 7.24. The highest BCUT2D eigenvalue weighted by Gasteiger charge is 2.36. The molecule has 0 N–H and O–H groups in total. The van der Waals surface area contributed by atoms with Crippen molar-refractivity contribution >= 4 is 21.8 Å². The minimum Gasteiger partial charge on any atom is -0.326 e. The van der Waals surface area contributed by atoms with Crippen LogP contribution in [0.4, 0.5) is 17.6 Å². The topological polar surface area (TPSA) is 20.3 Å². The molecule has 2 nitrogen and oxygen atoms in total. The maximum absolute atomic E-state index is 13.7. The van der Waals surface area contributed by atoms with Gasteiger partial charge in [0.2, 0.25) is 0 Å². The largest absolute Gasteiger partial charge is 0.406 e. The molecule has 0 saturated heterocycles. The van der Waals surface area contributed by atoms with Gasteiger partial charge in [-0.15, -0.1) is 0 Å². The third-order valence-electron chi connectivity index (χ3n) is 3.15. The summed E-state index contributed by atoms with van der Waals surface area (Å²) < 4.78 is 52.3. The summed E-state index contributed by atoms with van der Waals surface area (Å²) in [6.07, 6.45) is -3.79. The average Bonchev–Trinajstić information content (AvgIpc) is 2.39. The summed E-state index contributed by atoms with van der Waals surface area (Å²) in [6.45, 7) is 2.01. The Morgan fingerprint density at radius 2 is 1.86 bits per heavy atom. The van der Waals surface area contributed by atoms with Crippen LogP contribution in [0.25, 0.3) is 0 Å². The molecule has 0 heterocycles. The van der Waals surface area contributed by atoms with E-state index in [2.05, 4.69) is 15.9 Å². The lowest BCUT2D eigenvalue weighted by Gasteiger charge is -2.31. The summed E-state index contributed by atoms with van der Waals surface area (Å²) in [5.74, 6) is -1.78. The summed E-state index contributed by atoms with van der Waals surface area (Å²) in [5, 5.41) is 0. The number of benzene rings is 1. The van der Waals surface area contributed by atoms with Gasteiger partial charge in [-0.1, -0.05) is 29.8 Å². The van der Waals surface area contributed by atoms with Gasteiger partial charge in [0.15, 0.2) is 0 Å². The molecule has 0 aromatic heterocycles. The minimum absolute atomic E-state index is 0.361. The van der Waals surface area contributed by atoms with Crippen molar-refractivity contribution < 1.29 is 22.4 Å². The summed E-state index contributed by atoms with van der Waals surface area (Å²) in [4.78, 5) is 13.0. The Morgan fingerprint density at radius 1 is 1.29 bits per heavy atom. The number of alkyl halides is 3. The lowest BCUT2D eigenvalue weighted by Crippen LogP contribution is -2.45. The van der Waals surface area contributed by atoms with Gasteiger partial charge in [-0.3, -0.25) is 4.79 Å². The van der Waals surface area contributed by atoms with Crippen molar-refractivity contribution in [3.63, 3.8) is 0 Å². The van der Waals surface area contributed by atoms with Crippen LogP contribution in [0.15, 0.2) is 22.7 Å². The quantitative estimate of drug-likeness (QED) is 0.683. The second-order valence-corrected chi connectivity index (χ2v) is 5.56. The predicted molar refractivity (Wildman–Crippen MR) is 75.6 cm³/mol. The van der Waals surface area contributed by atoms with Gasteiger partial charge in [0.05, 0.1) is 5.56 Å². The second-order valence-electron chi connectivity index (χ2n) is 4.64. The molecular weight excluding hydrogens is 354 g/mol. The number of carbonyl (C=O) groups excluding carboxylic acids is 1. The molecule has 7 heteroatoms. The highest BCUT2D eigenvalue weighted by Crippen LogP contribution is 2.24. The first-order valence-corrected chi connectivity index (χ1v) is 7.31. The first-order chi connectivity index (χ1) is 9.69. The zero-order valence-electron chi connectivity index (χ0n) is 11.7. The molecule has 0 spiro atoms. The SMILES string of the molecule is CCC(CC)N(CC(F)(F)F)C(=O)c1cc(Br)ccc1F. The first kappa shape index (κ1) is 17.9. The van der Waals surface area contributed by atoms with E-state index in [1.54, 1.807) is 13.8 Å². The van der Waals surface area contributed by atoms with Crippen LogP contribution in [0.2, 0.25) is 0 Å². The molecule has 118 valence electrons. The zero-order valence-corrected chi connectivity index (χ0v) is 13.3. The molecule has 1 aromatic rings. The van der Waals surface area contributed by atoms with Gasteiger partial charge >= 0.3 is 6.18 Å². The van der Waals surface area contributed by atoms with Gasteiger partial charge < -0.3 is 4.90 Å². The smallest absolute Gasteiger partial charge is 0.326 e. The minimum atomic E-state index is -4.53. The Bertz CT molecular complexity index is 500. The van der Waals surface area contributed by atoms with Crippen molar-refractivity contribution in [2.45, 2.75) is 38.9 Å². The fraction of sp³-hybridized carbons (Fsp3) is 0.500. The van der Waals surface area contributed by atoms with E-state index in [4.69, 9.17) is 0 Å². The van der Waals surface area contributed by atoms with Crippen LogP contribution >= 0.6 is 15.9 Å². The molecule has 0 aliphatic carbocycles. The number of carbonyl (C=O) groups is 1. The number of rotatable bonds is 5. The van der Waals surface area contributed by atoms with Gasteiger partial charge in [-0.25, -0.2) is 4.39 Å². The fourth-order valence-corrected chi connectivity index (χ4v) is 2.47. The first-order valence-electron chi connectivity index (χ1n) is 6.52. The molecular formula is C14H16BrF4NO. The standard InChI is InChI=1S/C14H16BrF4NO/c1-3-10(4-2)20(8-14(17,18)19)13(21)11-7-9(15)5-6-12(11)16/h5-7,10H,3-4,8H2,1-2H3. The number of amides is 1. The van der Waals surface area contributed by atoms with Crippen molar-refractivity contribution in [2.75, 3.05) is 6.54 Å². The maximum atomic E-state index is 13.7. The molecule has 0 saturated carbocycles. The van der Waals surface area contributed by atoms with Crippen LogP contribution in [0, 0.1) is 5.82 Å². The Balaban J connectivity index is 3.18. The van der Waals surface area contributed by atoms with E-state index in [1.807, 2.05) is 0 Å². The Hall–Kier alpha value is -1.11. The third-order valence-corrected chi connectivity index (χ3v) is 3.65. The lowest BCUT2D eigenvalue weighted by atomic mass is 10.1. The van der Waals surface area contributed by atoms with E-state index in [9.17, 15) is 22.4 Å². The van der Waals surface area contributed by atoms with Crippen LogP contribution in [0.3, 0.4) is 0 Å². The van der Waals surface area contributed by atoms with E-state index in [0.29, 0.717) is 22.2 Å². The molecule has 1 rings (SSSR count). The van der Waals surface area contributed by atoms with Crippen LogP contribution in [-0.2, 0) is 0 Å². The van der Waals surface area contributed by atoms with E-state index < -0.39 is 30.5 Å². The predicted octanol–water partition coefficient (Wildman–Crippen LogP) is 4.78. The van der Waals surface area contributed by atoms with E-state index in [-0.39, 0.29) is 5.56 Å².